The van der Waals surface area contributed by atoms with Gasteiger partial charge in [-0.25, -0.2) is 0 Å². The van der Waals surface area contributed by atoms with Crippen LogP contribution in [-0.2, 0) is 4.79 Å². The molecule has 1 heterocycles. The molecule has 0 aliphatic rings. The fourth-order valence-electron chi connectivity index (χ4n) is 2.13. The molecule has 118 valence electrons. The van der Waals surface area contributed by atoms with E-state index in [1.807, 2.05) is 36.6 Å². The minimum Gasteiger partial charge on any atom is -0.340 e. The van der Waals surface area contributed by atoms with E-state index >= 15 is 0 Å². The molecule has 23 heavy (non-hydrogen) atoms. The van der Waals surface area contributed by atoms with Crippen molar-refractivity contribution in [3.8, 4) is 5.40 Å². The number of nitrogens with one attached hydrogen (secondary N) is 1. The second kappa shape index (κ2) is 7.25. The second-order valence-electron chi connectivity index (χ2n) is 5.36. The maximum atomic E-state index is 12.5. The third-order valence-electron chi connectivity index (χ3n) is 3.83. The van der Waals surface area contributed by atoms with E-state index < -0.39 is 5.54 Å². The average molecular weight is 327 g/mol. The number of pyridine rings is 1. The molecule has 0 radical (unpaired) electrons. The number of hydrogen-bond acceptors (Lipinski definition) is 5. The molecule has 0 spiro atoms. The molecule has 1 aromatic heterocycles. The van der Waals surface area contributed by atoms with Crippen LogP contribution in [0, 0.1) is 10.7 Å². The van der Waals surface area contributed by atoms with Crippen molar-refractivity contribution in [3.63, 3.8) is 0 Å². The lowest BCUT2D eigenvalue weighted by Crippen LogP contribution is -2.52. The van der Waals surface area contributed by atoms with Crippen LogP contribution >= 0.6 is 11.8 Å². The highest BCUT2D eigenvalue weighted by atomic mass is 32.2. The Kier molecular flexibility index (Phi) is 5.35. The Labute approximate surface area is 139 Å². The predicted octanol–water partition coefficient (Wildman–Crippen LogP) is 2.92. The van der Waals surface area contributed by atoms with Crippen LogP contribution in [0.15, 0.2) is 36.5 Å². The van der Waals surface area contributed by atoms with Gasteiger partial charge in [0.2, 0.25) is 0 Å². The van der Waals surface area contributed by atoms with Gasteiger partial charge < -0.3 is 5.32 Å². The number of rotatable bonds is 6. The largest absolute Gasteiger partial charge is 0.340 e. The lowest BCUT2D eigenvalue weighted by atomic mass is 9.93. The number of thiocyanates is 1. The van der Waals surface area contributed by atoms with Crippen LogP contribution in [0.2, 0.25) is 0 Å². The van der Waals surface area contributed by atoms with E-state index in [9.17, 15) is 9.59 Å². The van der Waals surface area contributed by atoms with Crippen LogP contribution in [-0.4, -0.2) is 28.0 Å². The molecule has 2 rings (SSSR count). The molecule has 1 N–H and O–H groups in total. The molecule has 0 bridgehead atoms. The van der Waals surface area contributed by atoms with Gasteiger partial charge in [0.1, 0.15) is 5.40 Å². The van der Waals surface area contributed by atoms with Crippen LogP contribution in [0.3, 0.4) is 0 Å². The van der Waals surface area contributed by atoms with Gasteiger partial charge in [-0.1, -0.05) is 25.1 Å². The maximum Gasteiger partial charge on any atom is 0.253 e. The van der Waals surface area contributed by atoms with Gasteiger partial charge in [0.05, 0.1) is 22.4 Å². The number of thioether (sulfide) groups is 1. The smallest absolute Gasteiger partial charge is 0.253 e. The third kappa shape index (κ3) is 3.88. The number of nitriles is 1. The molecule has 1 atom stereocenters. The first-order valence-corrected chi connectivity index (χ1v) is 8.20. The van der Waals surface area contributed by atoms with Crippen LogP contribution in [0.4, 0.5) is 0 Å². The summed E-state index contributed by atoms with van der Waals surface area (Å²) in [7, 11) is 0. The zero-order valence-electron chi connectivity index (χ0n) is 13.0. The maximum absolute atomic E-state index is 12.5. The first-order valence-electron chi connectivity index (χ1n) is 7.21. The number of Topliss-reactive ketones (excluding diaryl/α,β-unsaturated/α-hetero) is 1. The molecule has 0 fully saturated rings. The quantitative estimate of drug-likeness (QED) is 0.825. The van der Waals surface area contributed by atoms with Crippen molar-refractivity contribution in [2.75, 3.05) is 5.75 Å². The van der Waals surface area contributed by atoms with Crippen molar-refractivity contribution >= 4 is 34.4 Å². The number of amides is 1. The van der Waals surface area contributed by atoms with Gasteiger partial charge in [-0.2, -0.15) is 5.26 Å². The molecule has 5 nitrogen and oxygen atoms in total. The van der Waals surface area contributed by atoms with E-state index in [0.717, 1.165) is 22.7 Å². The predicted molar refractivity (Wildman–Crippen MR) is 91.0 cm³/mol. The summed E-state index contributed by atoms with van der Waals surface area (Å²) in [6.07, 6.45) is 1.95. The minimum atomic E-state index is -0.993. The first-order chi connectivity index (χ1) is 11.0. The molecule has 0 saturated heterocycles. The van der Waals surface area contributed by atoms with Crippen LogP contribution in [0.25, 0.3) is 10.9 Å². The highest BCUT2D eigenvalue weighted by Gasteiger charge is 2.32. The van der Waals surface area contributed by atoms with E-state index in [1.54, 1.807) is 13.0 Å². The fraction of sp³-hybridized carbons (Fsp3) is 0.294. The van der Waals surface area contributed by atoms with E-state index in [4.69, 9.17) is 5.26 Å². The number of fused-ring (bicyclic) bond motifs is 1. The summed E-state index contributed by atoms with van der Waals surface area (Å²) in [6.45, 7) is 3.51. The van der Waals surface area contributed by atoms with Crippen LogP contribution in [0.1, 0.15) is 30.6 Å². The Morgan fingerprint density at radius 3 is 2.83 bits per heavy atom. The van der Waals surface area contributed by atoms with E-state index in [2.05, 4.69) is 10.3 Å². The summed E-state index contributed by atoms with van der Waals surface area (Å²) in [6, 6.07) is 9.27. The fourth-order valence-corrected chi connectivity index (χ4v) is 2.64. The molecule has 0 aliphatic heterocycles. The lowest BCUT2D eigenvalue weighted by molar-refractivity contribution is -0.122. The minimum absolute atomic E-state index is 0.0527. The molecule has 1 unspecified atom stereocenters. The summed E-state index contributed by atoms with van der Waals surface area (Å²) in [5.41, 5.74) is 0.222. The lowest BCUT2D eigenvalue weighted by Gasteiger charge is -2.27. The number of ketones is 1. The van der Waals surface area contributed by atoms with Gasteiger partial charge in [-0.05, 0) is 37.2 Å². The number of para-hydroxylation sites is 1. The Hall–Kier alpha value is -2.39. The van der Waals surface area contributed by atoms with Gasteiger partial charge >= 0.3 is 0 Å². The molecule has 6 heteroatoms. The highest BCUT2D eigenvalue weighted by molar-refractivity contribution is 8.04. The molecule has 0 saturated carbocycles. The van der Waals surface area contributed by atoms with Crippen LogP contribution in [0.5, 0.6) is 0 Å². The molecular formula is C17H17N3O2S. The number of nitrogens with zero attached hydrogens (tertiary/aromatic N) is 2. The van der Waals surface area contributed by atoms with E-state index in [-0.39, 0.29) is 17.4 Å². The standard InChI is InChI=1S/C17H17N3O2S/c1-3-17(2,15(21)10-23-11-18)20-16(22)13-8-12-6-4-5-7-14(12)19-9-13/h4-9H,3,10H2,1-2H3,(H,20,22). The average Bonchev–Trinajstić information content (AvgIpc) is 2.58. The number of aromatic nitrogens is 1. The monoisotopic (exact) mass is 327 g/mol. The summed E-state index contributed by atoms with van der Waals surface area (Å²) in [5.74, 6) is -0.464. The van der Waals surface area contributed by atoms with Crippen molar-refractivity contribution in [3.05, 3.63) is 42.1 Å². The third-order valence-corrected chi connectivity index (χ3v) is 4.37. The van der Waals surface area contributed by atoms with Gasteiger partial charge in [0.15, 0.2) is 5.78 Å². The summed E-state index contributed by atoms with van der Waals surface area (Å²) in [4.78, 5) is 29.0. The number of benzene rings is 1. The van der Waals surface area contributed by atoms with Crippen molar-refractivity contribution in [2.45, 2.75) is 25.8 Å². The first kappa shape index (κ1) is 17.0. The van der Waals surface area contributed by atoms with Gasteiger partial charge in [-0.15, -0.1) is 0 Å². The zero-order chi connectivity index (χ0) is 16.9. The molecule has 1 aromatic carbocycles. The second-order valence-corrected chi connectivity index (χ2v) is 6.12. The number of carbonyl (C=O) groups is 2. The van der Waals surface area contributed by atoms with E-state index in [1.165, 1.54) is 6.20 Å². The van der Waals surface area contributed by atoms with Gasteiger partial charge in [0.25, 0.3) is 5.91 Å². The highest BCUT2D eigenvalue weighted by Crippen LogP contribution is 2.17. The van der Waals surface area contributed by atoms with Crippen molar-refractivity contribution in [1.29, 1.82) is 5.26 Å². The van der Waals surface area contributed by atoms with Crippen molar-refractivity contribution < 1.29 is 9.59 Å². The normalized spacial score (nSPS) is 13.1. The van der Waals surface area contributed by atoms with E-state index in [0.29, 0.717) is 12.0 Å². The summed E-state index contributed by atoms with van der Waals surface area (Å²) < 4.78 is 0. The number of hydrogen-bond donors (Lipinski definition) is 1. The Morgan fingerprint density at radius 2 is 2.13 bits per heavy atom. The topological polar surface area (TPSA) is 82.8 Å². The SMILES string of the molecule is CCC(C)(NC(=O)c1cnc2ccccc2c1)C(=O)CSC#N. The Morgan fingerprint density at radius 1 is 1.39 bits per heavy atom. The van der Waals surface area contributed by atoms with Crippen molar-refractivity contribution in [1.82, 2.24) is 10.3 Å². The molecule has 0 aliphatic carbocycles. The molecule has 2 aromatic rings. The summed E-state index contributed by atoms with van der Waals surface area (Å²) in [5, 5.41) is 14.1. The Balaban J connectivity index is 2.20. The molecular weight excluding hydrogens is 310 g/mol. The zero-order valence-corrected chi connectivity index (χ0v) is 13.8. The molecule has 1 amide bonds. The van der Waals surface area contributed by atoms with Gasteiger partial charge in [-0.3, -0.25) is 14.6 Å². The summed E-state index contributed by atoms with van der Waals surface area (Å²) >= 11 is 0.876. The Bertz CT molecular complexity index is 785. The van der Waals surface area contributed by atoms with Crippen LogP contribution < -0.4 is 5.32 Å². The number of carbonyl (C=O) groups excluding carboxylic acids is 2. The van der Waals surface area contributed by atoms with Gasteiger partial charge in [0, 0.05) is 11.6 Å². The van der Waals surface area contributed by atoms with Crippen molar-refractivity contribution in [2.24, 2.45) is 0 Å².